The van der Waals surface area contributed by atoms with Gasteiger partial charge in [-0.2, -0.15) is 0 Å². The van der Waals surface area contributed by atoms with Crippen molar-refractivity contribution in [2.75, 3.05) is 0 Å². The summed E-state index contributed by atoms with van der Waals surface area (Å²) in [5.41, 5.74) is 3.76. The summed E-state index contributed by atoms with van der Waals surface area (Å²) in [4.78, 5) is 30.6. The number of pyridine rings is 1. The molecule has 2 aromatic carbocycles. The van der Waals surface area contributed by atoms with Gasteiger partial charge in [-0.1, -0.05) is 60.3 Å². The maximum Gasteiger partial charge on any atom is 0.263 e. The molecule has 4 aromatic heterocycles. The summed E-state index contributed by atoms with van der Waals surface area (Å²) in [6.07, 6.45) is 1.78. The molecule has 6 aromatic rings. The third-order valence-electron chi connectivity index (χ3n) is 5.87. The largest absolute Gasteiger partial charge is 0.272 e. The Kier molecular flexibility index (Phi) is 5.18. The standard InChI is InChI=1S/C26H20N6O2S/c1-17-11-12-22-27-19(13-23(33)30(22)14-17)16-35-26-29-28-25-31(15-18-7-3-2-4-8-18)24(34)20-9-5-6-10-21(20)32(25)26/h2-14H,15-16H2,1H3. The predicted molar refractivity (Wildman–Crippen MR) is 136 cm³/mol. The highest BCUT2D eigenvalue weighted by Gasteiger charge is 2.17. The fourth-order valence-corrected chi connectivity index (χ4v) is 5.04. The number of thioether (sulfide) groups is 1. The number of hydrogen-bond acceptors (Lipinski definition) is 6. The van der Waals surface area contributed by atoms with Crippen LogP contribution in [0.5, 0.6) is 0 Å². The van der Waals surface area contributed by atoms with Crippen LogP contribution in [-0.4, -0.2) is 28.5 Å². The number of aromatic nitrogens is 6. The fourth-order valence-electron chi connectivity index (χ4n) is 4.21. The molecule has 0 unspecified atom stereocenters. The zero-order chi connectivity index (χ0) is 23.9. The molecule has 35 heavy (non-hydrogen) atoms. The Morgan fingerprint density at radius 1 is 0.914 bits per heavy atom. The van der Waals surface area contributed by atoms with E-state index in [0.29, 0.717) is 40.0 Å². The van der Waals surface area contributed by atoms with Crippen LogP contribution in [0.1, 0.15) is 16.8 Å². The van der Waals surface area contributed by atoms with E-state index in [0.717, 1.165) is 16.6 Å². The van der Waals surface area contributed by atoms with Crippen LogP contribution in [0.2, 0.25) is 0 Å². The van der Waals surface area contributed by atoms with Crippen LogP contribution in [0, 0.1) is 6.92 Å². The number of aryl methyl sites for hydroxylation is 1. The van der Waals surface area contributed by atoms with Gasteiger partial charge in [0.15, 0.2) is 5.16 Å². The maximum atomic E-state index is 13.3. The Balaban J connectivity index is 1.44. The Labute approximate surface area is 203 Å². The van der Waals surface area contributed by atoms with Crippen molar-refractivity contribution in [3.8, 4) is 0 Å². The second-order valence-corrected chi connectivity index (χ2v) is 9.26. The first-order valence-electron chi connectivity index (χ1n) is 11.1. The van der Waals surface area contributed by atoms with Gasteiger partial charge in [0.05, 0.1) is 23.1 Å². The first kappa shape index (κ1) is 21.3. The minimum Gasteiger partial charge on any atom is -0.272 e. The van der Waals surface area contributed by atoms with Crippen molar-refractivity contribution in [3.05, 3.63) is 117 Å². The molecule has 0 spiro atoms. The zero-order valence-corrected chi connectivity index (χ0v) is 19.6. The molecule has 4 heterocycles. The van der Waals surface area contributed by atoms with E-state index in [1.165, 1.54) is 11.8 Å². The summed E-state index contributed by atoms with van der Waals surface area (Å²) in [5, 5.41) is 10.0. The summed E-state index contributed by atoms with van der Waals surface area (Å²) in [6, 6.07) is 22.6. The molecule has 6 rings (SSSR count). The lowest BCUT2D eigenvalue weighted by Gasteiger charge is -2.11. The second-order valence-electron chi connectivity index (χ2n) is 8.32. The van der Waals surface area contributed by atoms with Gasteiger partial charge in [0, 0.05) is 18.0 Å². The first-order chi connectivity index (χ1) is 17.1. The zero-order valence-electron chi connectivity index (χ0n) is 18.8. The van der Waals surface area contributed by atoms with Gasteiger partial charge in [0.2, 0.25) is 5.78 Å². The van der Waals surface area contributed by atoms with Crippen LogP contribution >= 0.6 is 11.8 Å². The number of para-hydroxylation sites is 1. The summed E-state index contributed by atoms with van der Waals surface area (Å²) < 4.78 is 5.10. The van der Waals surface area contributed by atoms with E-state index in [1.54, 1.807) is 21.2 Å². The highest BCUT2D eigenvalue weighted by Crippen LogP contribution is 2.24. The lowest BCUT2D eigenvalue weighted by molar-refractivity contribution is 0.764. The van der Waals surface area contributed by atoms with Gasteiger partial charge in [0.1, 0.15) is 5.65 Å². The lowest BCUT2D eigenvalue weighted by Crippen LogP contribution is -2.24. The maximum absolute atomic E-state index is 13.3. The molecule has 0 saturated carbocycles. The molecule has 0 atom stereocenters. The van der Waals surface area contributed by atoms with Gasteiger partial charge in [-0.25, -0.2) is 4.98 Å². The minimum absolute atomic E-state index is 0.111. The number of benzene rings is 2. The lowest BCUT2D eigenvalue weighted by atomic mass is 10.2. The molecule has 172 valence electrons. The van der Waals surface area contributed by atoms with E-state index in [2.05, 4.69) is 15.2 Å². The van der Waals surface area contributed by atoms with Crippen LogP contribution < -0.4 is 11.1 Å². The summed E-state index contributed by atoms with van der Waals surface area (Å²) in [5.74, 6) is 0.911. The molecule has 8 nitrogen and oxygen atoms in total. The van der Waals surface area contributed by atoms with E-state index in [9.17, 15) is 9.59 Å². The van der Waals surface area contributed by atoms with Crippen molar-refractivity contribution < 1.29 is 0 Å². The van der Waals surface area contributed by atoms with Gasteiger partial charge >= 0.3 is 0 Å². The van der Waals surface area contributed by atoms with Gasteiger partial charge in [-0.3, -0.25) is 23.0 Å². The van der Waals surface area contributed by atoms with Crippen molar-refractivity contribution in [1.82, 2.24) is 28.5 Å². The number of fused-ring (bicyclic) bond motifs is 4. The summed E-state index contributed by atoms with van der Waals surface area (Å²) in [7, 11) is 0. The molecule has 0 aliphatic heterocycles. The quantitative estimate of drug-likeness (QED) is 0.350. The molecule has 0 saturated heterocycles. The normalized spacial score (nSPS) is 11.6. The van der Waals surface area contributed by atoms with Crippen molar-refractivity contribution in [2.45, 2.75) is 24.4 Å². The molecule has 0 N–H and O–H groups in total. The van der Waals surface area contributed by atoms with Crippen LogP contribution in [0.25, 0.3) is 22.3 Å². The monoisotopic (exact) mass is 480 g/mol. The Morgan fingerprint density at radius 3 is 2.57 bits per heavy atom. The Morgan fingerprint density at radius 2 is 1.71 bits per heavy atom. The van der Waals surface area contributed by atoms with Gasteiger partial charge < -0.3 is 0 Å². The number of hydrogen-bond donors (Lipinski definition) is 0. The van der Waals surface area contributed by atoms with Crippen LogP contribution in [-0.2, 0) is 12.3 Å². The number of rotatable bonds is 5. The Hall–Kier alpha value is -4.24. The average molecular weight is 481 g/mol. The molecule has 0 radical (unpaired) electrons. The van der Waals surface area contributed by atoms with Gasteiger partial charge in [-0.15, -0.1) is 10.2 Å². The Bertz CT molecular complexity index is 1840. The van der Waals surface area contributed by atoms with Crippen molar-refractivity contribution in [2.24, 2.45) is 0 Å². The molecular formula is C26H20N6O2S. The molecule has 0 fully saturated rings. The predicted octanol–water partition coefficient (Wildman–Crippen LogP) is 3.70. The third-order valence-corrected chi connectivity index (χ3v) is 6.83. The molecule has 0 aliphatic carbocycles. The average Bonchev–Trinajstić information content (AvgIpc) is 3.30. The topological polar surface area (TPSA) is 86.6 Å². The van der Waals surface area contributed by atoms with Crippen molar-refractivity contribution in [1.29, 1.82) is 0 Å². The second kappa shape index (κ2) is 8.52. The third kappa shape index (κ3) is 3.79. The molecule has 0 aliphatic rings. The smallest absolute Gasteiger partial charge is 0.263 e. The molecular weight excluding hydrogens is 460 g/mol. The van der Waals surface area contributed by atoms with Crippen molar-refractivity contribution >= 4 is 34.1 Å². The fraction of sp³-hybridized carbons (Fsp3) is 0.115. The van der Waals surface area contributed by atoms with E-state index in [4.69, 9.17) is 0 Å². The van der Waals surface area contributed by atoms with Gasteiger partial charge in [0.25, 0.3) is 11.1 Å². The highest BCUT2D eigenvalue weighted by atomic mass is 32.2. The van der Waals surface area contributed by atoms with E-state index in [1.807, 2.05) is 78.1 Å². The first-order valence-corrected chi connectivity index (χ1v) is 12.1. The van der Waals surface area contributed by atoms with Crippen LogP contribution in [0.3, 0.4) is 0 Å². The number of nitrogens with zero attached hydrogens (tertiary/aromatic N) is 6. The van der Waals surface area contributed by atoms with Gasteiger partial charge in [-0.05, 0) is 36.2 Å². The minimum atomic E-state index is -0.123. The molecule has 9 heteroatoms. The van der Waals surface area contributed by atoms with Crippen LogP contribution in [0.15, 0.2) is 93.7 Å². The van der Waals surface area contributed by atoms with E-state index >= 15 is 0 Å². The van der Waals surface area contributed by atoms with Crippen molar-refractivity contribution in [3.63, 3.8) is 0 Å². The summed E-state index contributed by atoms with van der Waals surface area (Å²) >= 11 is 1.43. The van der Waals surface area contributed by atoms with E-state index < -0.39 is 0 Å². The molecule has 0 amide bonds. The SMILES string of the molecule is Cc1ccc2nc(CSc3nnc4n(Cc5ccccc5)c(=O)c5ccccc5n34)cc(=O)n2c1. The highest BCUT2D eigenvalue weighted by molar-refractivity contribution is 7.98. The molecule has 0 bridgehead atoms. The summed E-state index contributed by atoms with van der Waals surface area (Å²) in [6.45, 7) is 2.33. The van der Waals surface area contributed by atoms with E-state index in [-0.39, 0.29) is 11.1 Å². The van der Waals surface area contributed by atoms with Crippen LogP contribution in [0.4, 0.5) is 0 Å².